The molecule has 0 aliphatic heterocycles. The lowest BCUT2D eigenvalue weighted by molar-refractivity contribution is 0.390. The molecular formula is C17H17NO2S. The van der Waals surface area contributed by atoms with E-state index in [9.17, 15) is 0 Å². The summed E-state index contributed by atoms with van der Waals surface area (Å²) < 4.78 is 11.9. The van der Waals surface area contributed by atoms with Gasteiger partial charge in [-0.25, -0.2) is 0 Å². The molecular weight excluding hydrogens is 282 g/mol. The van der Waals surface area contributed by atoms with Crippen molar-refractivity contribution in [1.29, 1.82) is 0 Å². The van der Waals surface area contributed by atoms with Crippen LogP contribution in [0.15, 0.2) is 47.8 Å². The maximum absolute atomic E-state index is 6.50. The number of rotatable bonds is 4. The van der Waals surface area contributed by atoms with Crippen LogP contribution in [0.2, 0.25) is 0 Å². The molecule has 3 aromatic rings. The third kappa shape index (κ3) is 2.48. The smallest absolute Gasteiger partial charge is 0.127 e. The van der Waals surface area contributed by atoms with Crippen LogP contribution in [0.5, 0.6) is 11.5 Å². The molecule has 0 radical (unpaired) electrons. The Bertz CT molecular complexity index is 766. The number of hydrogen-bond donors (Lipinski definition) is 1. The average Bonchev–Trinajstić information content (AvgIpc) is 3.02. The van der Waals surface area contributed by atoms with Crippen molar-refractivity contribution in [2.75, 3.05) is 14.2 Å². The van der Waals surface area contributed by atoms with Crippen molar-refractivity contribution in [3.8, 4) is 11.5 Å². The minimum atomic E-state index is -0.229. The number of benzene rings is 2. The van der Waals surface area contributed by atoms with Gasteiger partial charge in [-0.15, -0.1) is 11.3 Å². The highest BCUT2D eigenvalue weighted by atomic mass is 32.1. The molecule has 4 heteroatoms. The second kappa shape index (κ2) is 5.76. The summed E-state index contributed by atoms with van der Waals surface area (Å²) in [5.41, 5.74) is 8.57. The first-order chi connectivity index (χ1) is 10.2. The van der Waals surface area contributed by atoms with Crippen molar-refractivity contribution in [3.63, 3.8) is 0 Å². The Morgan fingerprint density at radius 2 is 1.86 bits per heavy atom. The number of thiophene rings is 1. The molecule has 1 atom stereocenters. The van der Waals surface area contributed by atoms with E-state index in [-0.39, 0.29) is 6.04 Å². The highest BCUT2D eigenvalue weighted by Gasteiger charge is 2.17. The van der Waals surface area contributed by atoms with Crippen LogP contribution in [-0.4, -0.2) is 14.2 Å². The van der Waals surface area contributed by atoms with Gasteiger partial charge in [0, 0.05) is 16.3 Å². The molecule has 0 amide bonds. The first-order valence-corrected chi connectivity index (χ1v) is 7.56. The third-order valence-electron chi connectivity index (χ3n) is 3.62. The van der Waals surface area contributed by atoms with Crippen LogP contribution in [0, 0.1) is 0 Å². The van der Waals surface area contributed by atoms with Crippen LogP contribution < -0.4 is 15.2 Å². The van der Waals surface area contributed by atoms with Gasteiger partial charge in [0.15, 0.2) is 0 Å². The zero-order valence-electron chi connectivity index (χ0n) is 12.0. The second-order valence-electron chi connectivity index (χ2n) is 4.77. The summed E-state index contributed by atoms with van der Waals surface area (Å²) in [4.78, 5) is 0. The maximum Gasteiger partial charge on any atom is 0.127 e. The summed E-state index contributed by atoms with van der Waals surface area (Å²) in [6.07, 6.45) is 0. The fraction of sp³-hybridized carbons (Fsp3) is 0.176. The summed E-state index contributed by atoms with van der Waals surface area (Å²) in [6, 6.07) is 13.8. The van der Waals surface area contributed by atoms with Gasteiger partial charge in [0.25, 0.3) is 0 Å². The number of fused-ring (bicyclic) bond motifs is 1. The number of hydrogen-bond acceptors (Lipinski definition) is 4. The monoisotopic (exact) mass is 299 g/mol. The Morgan fingerprint density at radius 1 is 1.00 bits per heavy atom. The normalized spacial score (nSPS) is 12.3. The van der Waals surface area contributed by atoms with Crippen molar-refractivity contribution in [3.05, 3.63) is 59.0 Å². The quantitative estimate of drug-likeness (QED) is 0.793. The zero-order valence-corrected chi connectivity index (χ0v) is 12.8. The van der Waals surface area contributed by atoms with Crippen LogP contribution >= 0.6 is 11.3 Å². The van der Waals surface area contributed by atoms with Gasteiger partial charge in [0.05, 0.1) is 20.3 Å². The van der Waals surface area contributed by atoms with Gasteiger partial charge >= 0.3 is 0 Å². The largest absolute Gasteiger partial charge is 0.497 e. The molecule has 21 heavy (non-hydrogen) atoms. The van der Waals surface area contributed by atoms with Crippen molar-refractivity contribution in [2.45, 2.75) is 6.04 Å². The molecule has 0 saturated heterocycles. The Kier molecular flexibility index (Phi) is 3.82. The summed E-state index contributed by atoms with van der Waals surface area (Å²) in [5.74, 6) is 1.51. The van der Waals surface area contributed by atoms with Gasteiger partial charge in [-0.1, -0.05) is 18.2 Å². The van der Waals surface area contributed by atoms with E-state index in [1.165, 1.54) is 10.1 Å². The Labute approximate surface area is 127 Å². The molecule has 3 rings (SSSR count). The molecule has 0 fully saturated rings. The van der Waals surface area contributed by atoms with Gasteiger partial charge in [0.1, 0.15) is 11.5 Å². The van der Waals surface area contributed by atoms with Crippen LogP contribution in [0.3, 0.4) is 0 Å². The van der Waals surface area contributed by atoms with Crippen molar-refractivity contribution >= 4 is 21.4 Å². The van der Waals surface area contributed by atoms with Crippen LogP contribution in [0.25, 0.3) is 10.1 Å². The SMILES string of the molecule is COc1ccc(C(N)c2cccc3ccsc23)c(OC)c1. The van der Waals surface area contributed by atoms with Crippen LogP contribution in [-0.2, 0) is 0 Å². The molecule has 0 spiro atoms. The molecule has 0 aliphatic carbocycles. The lowest BCUT2D eigenvalue weighted by Crippen LogP contribution is -2.13. The van der Waals surface area contributed by atoms with E-state index in [1.54, 1.807) is 25.6 Å². The van der Waals surface area contributed by atoms with E-state index < -0.39 is 0 Å². The first-order valence-electron chi connectivity index (χ1n) is 6.68. The molecule has 1 aromatic heterocycles. The molecule has 0 bridgehead atoms. The Balaban J connectivity index is 2.09. The van der Waals surface area contributed by atoms with Crippen molar-refractivity contribution < 1.29 is 9.47 Å². The topological polar surface area (TPSA) is 44.5 Å². The van der Waals surface area contributed by atoms with Crippen molar-refractivity contribution in [1.82, 2.24) is 0 Å². The van der Waals surface area contributed by atoms with Gasteiger partial charge < -0.3 is 15.2 Å². The highest BCUT2D eigenvalue weighted by Crippen LogP contribution is 2.36. The fourth-order valence-electron chi connectivity index (χ4n) is 2.50. The summed E-state index contributed by atoms with van der Waals surface area (Å²) in [7, 11) is 3.29. The predicted octanol–water partition coefficient (Wildman–Crippen LogP) is 3.97. The number of ether oxygens (including phenoxy) is 2. The summed E-state index contributed by atoms with van der Waals surface area (Å²) >= 11 is 1.71. The van der Waals surface area contributed by atoms with E-state index >= 15 is 0 Å². The standard InChI is InChI=1S/C17H17NO2S/c1-19-12-6-7-13(15(10-12)20-2)16(18)14-5-3-4-11-8-9-21-17(11)14/h3-10,16H,18H2,1-2H3. The Morgan fingerprint density at radius 3 is 2.62 bits per heavy atom. The second-order valence-corrected chi connectivity index (χ2v) is 5.69. The molecule has 1 heterocycles. The van der Waals surface area contributed by atoms with Gasteiger partial charge in [0.2, 0.25) is 0 Å². The third-order valence-corrected chi connectivity index (χ3v) is 4.60. The number of nitrogens with two attached hydrogens (primary N) is 1. The molecule has 3 nitrogen and oxygen atoms in total. The molecule has 2 N–H and O–H groups in total. The fourth-order valence-corrected chi connectivity index (χ4v) is 3.46. The van der Waals surface area contributed by atoms with Crippen LogP contribution in [0.4, 0.5) is 0 Å². The molecule has 2 aromatic carbocycles. The summed E-state index contributed by atoms with van der Waals surface area (Å²) in [6.45, 7) is 0. The molecule has 0 aliphatic rings. The highest BCUT2D eigenvalue weighted by molar-refractivity contribution is 7.17. The minimum Gasteiger partial charge on any atom is -0.497 e. The van der Waals surface area contributed by atoms with E-state index in [1.807, 2.05) is 24.3 Å². The van der Waals surface area contributed by atoms with Crippen molar-refractivity contribution in [2.24, 2.45) is 5.73 Å². The first kappa shape index (κ1) is 13.9. The van der Waals surface area contributed by atoms with Crippen LogP contribution in [0.1, 0.15) is 17.2 Å². The van der Waals surface area contributed by atoms with Gasteiger partial charge in [-0.2, -0.15) is 0 Å². The van der Waals surface area contributed by atoms with Gasteiger partial charge in [-0.3, -0.25) is 0 Å². The van der Waals surface area contributed by atoms with E-state index in [0.29, 0.717) is 0 Å². The average molecular weight is 299 g/mol. The predicted molar refractivity (Wildman–Crippen MR) is 87.4 cm³/mol. The molecule has 1 unspecified atom stereocenters. The molecule has 108 valence electrons. The number of methoxy groups -OCH3 is 2. The lowest BCUT2D eigenvalue weighted by atomic mass is 9.97. The van der Waals surface area contributed by atoms with E-state index in [0.717, 1.165) is 22.6 Å². The van der Waals surface area contributed by atoms with E-state index in [4.69, 9.17) is 15.2 Å². The van der Waals surface area contributed by atoms with Gasteiger partial charge in [-0.05, 0) is 34.5 Å². The zero-order chi connectivity index (χ0) is 14.8. The van der Waals surface area contributed by atoms with E-state index in [2.05, 4.69) is 23.6 Å². The maximum atomic E-state index is 6.50. The lowest BCUT2D eigenvalue weighted by Gasteiger charge is -2.17. The minimum absolute atomic E-state index is 0.229. The Hall–Kier alpha value is -2.04. The summed E-state index contributed by atoms with van der Waals surface area (Å²) in [5, 5.41) is 3.31. The molecule has 0 saturated carbocycles.